The van der Waals surface area contributed by atoms with E-state index < -0.39 is 0 Å². The lowest BCUT2D eigenvalue weighted by Crippen LogP contribution is -2.59. The minimum absolute atomic E-state index is 0.712. The normalized spacial score (nSPS) is 30.3. The van der Waals surface area contributed by atoms with Crippen LogP contribution in [0.2, 0.25) is 0 Å². The standard InChI is InChI=1S/C14H29N3O/c1-13-11-17-8-4-3-5-14(17)12-16(13)9-6-15-7-10-18-2/h13-15H,3-12H2,1-2H3. The molecule has 0 aromatic carbocycles. The third-order valence-electron chi connectivity index (χ3n) is 4.38. The molecule has 0 saturated carbocycles. The lowest BCUT2D eigenvalue weighted by Gasteiger charge is -2.47. The summed E-state index contributed by atoms with van der Waals surface area (Å²) in [5.41, 5.74) is 0. The topological polar surface area (TPSA) is 27.7 Å². The number of piperidine rings is 1. The molecule has 2 aliphatic rings. The molecule has 4 nitrogen and oxygen atoms in total. The van der Waals surface area contributed by atoms with Gasteiger partial charge in [-0.15, -0.1) is 0 Å². The number of hydrogen-bond acceptors (Lipinski definition) is 4. The number of piperazine rings is 1. The fourth-order valence-electron chi connectivity index (χ4n) is 3.25. The average molecular weight is 255 g/mol. The van der Waals surface area contributed by atoms with Crippen molar-refractivity contribution in [3.05, 3.63) is 0 Å². The van der Waals surface area contributed by atoms with Crippen LogP contribution in [-0.4, -0.2) is 74.9 Å². The molecule has 18 heavy (non-hydrogen) atoms. The van der Waals surface area contributed by atoms with E-state index in [0.717, 1.165) is 25.7 Å². The second kappa shape index (κ2) is 7.43. The Morgan fingerprint density at radius 3 is 2.94 bits per heavy atom. The Bertz CT molecular complexity index is 237. The number of hydrogen-bond donors (Lipinski definition) is 1. The molecule has 2 fully saturated rings. The summed E-state index contributed by atoms with van der Waals surface area (Å²) in [5.74, 6) is 0. The van der Waals surface area contributed by atoms with E-state index in [0.29, 0.717) is 6.04 Å². The SMILES string of the molecule is COCCNCCN1CC2CCCCN2CC1C. The van der Waals surface area contributed by atoms with Crippen LogP contribution >= 0.6 is 0 Å². The second-order valence-corrected chi connectivity index (χ2v) is 5.73. The highest BCUT2D eigenvalue weighted by molar-refractivity contribution is 4.89. The molecule has 0 aromatic rings. The first-order chi connectivity index (χ1) is 8.81. The molecule has 0 aliphatic carbocycles. The van der Waals surface area contributed by atoms with Crippen molar-refractivity contribution in [3.63, 3.8) is 0 Å². The zero-order chi connectivity index (χ0) is 12.8. The smallest absolute Gasteiger partial charge is 0.0587 e. The Morgan fingerprint density at radius 1 is 1.22 bits per heavy atom. The molecule has 0 aromatic heterocycles. The molecular formula is C14H29N3O. The second-order valence-electron chi connectivity index (χ2n) is 5.73. The predicted octanol–water partition coefficient (Wildman–Crippen LogP) is 0.781. The molecule has 0 radical (unpaired) electrons. The van der Waals surface area contributed by atoms with Gasteiger partial charge in [0, 0.05) is 51.9 Å². The first-order valence-electron chi connectivity index (χ1n) is 7.49. The molecule has 2 rings (SSSR count). The highest BCUT2D eigenvalue weighted by Crippen LogP contribution is 2.23. The molecule has 2 atom stereocenters. The molecule has 2 saturated heterocycles. The van der Waals surface area contributed by atoms with Crippen LogP contribution in [-0.2, 0) is 4.74 Å². The lowest BCUT2D eigenvalue weighted by atomic mass is 9.97. The van der Waals surface area contributed by atoms with E-state index in [1.807, 2.05) is 0 Å². The number of fused-ring (bicyclic) bond motifs is 1. The highest BCUT2D eigenvalue weighted by Gasteiger charge is 2.32. The number of ether oxygens (including phenoxy) is 1. The van der Waals surface area contributed by atoms with Crippen molar-refractivity contribution in [1.29, 1.82) is 0 Å². The predicted molar refractivity (Wildman–Crippen MR) is 75.0 cm³/mol. The first-order valence-corrected chi connectivity index (χ1v) is 7.49. The Kier molecular flexibility index (Phi) is 5.89. The van der Waals surface area contributed by atoms with Crippen LogP contribution in [0.5, 0.6) is 0 Å². The van der Waals surface area contributed by atoms with Crippen LogP contribution in [0.3, 0.4) is 0 Å². The monoisotopic (exact) mass is 255 g/mol. The Morgan fingerprint density at radius 2 is 2.11 bits per heavy atom. The number of methoxy groups -OCH3 is 1. The molecule has 2 aliphatic heterocycles. The van der Waals surface area contributed by atoms with Gasteiger partial charge in [0.1, 0.15) is 0 Å². The lowest BCUT2D eigenvalue weighted by molar-refractivity contribution is 0.0159. The molecule has 0 amide bonds. The molecule has 0 spiro atoms. The van der Waals surface area contributed by atoms with Crippen LogP contribution in [0.25, 0.3) is 0 Å². The Balaban J connectivity index is 1.68. The summed E-state index contributed by atoms with van der Waals surface area (Å²) in [4.78, 5) is 5.37. The minimum Gasteiger partial charge on any atom is -0.383 e. The highest BCUT2D eigenvalue weighted by atomic mass is 16.5. The molecule has 0 bridgehead atoms. The minimum atomic E-state index is 0.712. The van der Waals surface area contributed by atoms with Gasteiger partial charge in [0.05, 0.1) is 6.61 Å². The molecular weight excluding hydrogens is 226 g/mol. The van der Waals surface area contributed by atoms with Gasteiger partial charge in [-0.3, -0.25) is 9.80 Å². The maximum atomic E-state index is 5.04. The fourth-order valence-corrected chi connectivity index (χ4v) is 3.25. The zero-order valence-electron chi connectivity index (χ0n) is 12.0. The maximum absolute atomic E-state index is 5.04. The molecule has 2 unspecified atom stereocenters. The van der Waals surface area contributed by atoms with Crippen molar-refractivity contribution >= 4 is 0 Å². The van der Waals surface area contributed by atoms with Gasteiger partial charge in [0.25, 0.3) is 0 Å². The maximum Gasteiger partial charge on any atom is 0.0587 e. The van der Waals surface area contributed by atoms with Crippen molar-refractivity contribution in [2.75, 3.05) is 53.0 Å². The van der Waals surface area contributed by atoms with E-state index >= 15 is 0 Å². The van der Waals surface area contributed by atoms with Crippen molar-refractivity contribution < 1.29 is 4.74 Å². The molecule has 4 heteroatoms. The van der Waals surface area contributed by atoms with Gasteiger partial charge in [-0.1, -0.05) is 6.42 Å². The fraction of sp³-hybridized carbons (Fsp3) is 1.00. The first kappa shape index (κ1) is 14.3. The molecule has 106 valence electrons. The van der Waals surface area contributed by atoms with Crippen molar-refractivity contribution in [2.24, 2.45) is 0 Å². The van der Waals surface area contributed by atoms with E-state index in [4.69, 9.17) is 4.74 Å². The number of rotatable bonds is 6. The van der Waals surface area contributed by atoms with Crippen LogP contribution in [0, 0.1) is 0 Å². The third-order valence-corrected chi connectivity index (χ3v) is 4.38. The van der Waals surface area contributed by atoms with E-state index in [1.54, 1.807) is 7.11 Å². The zero-order valence-corrected chi connectivity index (χ0v) is 12.0. The van der Waals surface area contributed by atoms with Crippen LogP contribution < -0.4 is 5.32 Å². The van der Waals surface area contributed by atoms with Gasteiger partial charge >= 0.3 is 0 Å². The van der Waals surface area contributed by atoms with Crippen LogP contribution in [0.15, 0.2) is 0 Å². The van der Waals surface area contributed by atoms with E-state index in [1.165, 1.54) is 45.4 Å². The van der Waals surface area contributed by atoms with Gasteiger partial charge in [-0.05, 0) is 26.3 Å². The summed E-state index contributed by atoms with van der Waals surface area (Å²) in [7, 11) is 1.76. The number of nitrogens with zero attached hydrogens (tertiary/aromatic N) is 2. The van der Waals surface area contributed by atoms with Crippen molar-refractivity contribution in [2.45, 2.75) is 38.3 Å². The van der Waals surface area contributed by atoms with Gasteiger partial charge in [0.15, 0.2) is 0 Å². The van der Waals surface area contributed by atoms with Crippen LogP contribution in [0.1, 0.15) is 26.2 Å². The van der Waals surface area contributed by atoms with Gasteiger partial charge in [0.2, 0.25) is 0 Å². The van der Waals surface area contributed by atoms with Crippen molar-refractivity contribution in [3.8, 4) is 0 Å². The third kappa shape index (κ3) is 3.92. The van der Waals surface area contributed by atoms with E-state index in [2.05, 4.69) is 22.0 Å². The summed E-state index contributed by atoms with van der Waals surface area (Å²) < 4.78 is 5.04. The van der Waals surface area contributed by atoms with Gasteiger partial charge in [-0.25, -0.2) is 0 Å². The Hall–Kier alpha value is -0.160. The largest absolute Gasteiger partial charge is 0.383 e. The molecule has 1 N–H and O–H groups in total. The summed E-state index contributed by atoms with van der Waals surface area (Å²) in [6, 6.07) is 1.54. The summed E-state index contributed by atoms with van der Waals surface area (Å²) in [5, 5.41) is 3.45. The Labute approximate surface area is 112 Å². The van der Waals surface area contributed by atoms with Crippen molar-refractivity contribution in [1.82, 2.24) is 15.1 Å². The van der Waals surface area contributed by atoms with Crippen LogP contribution in [0.4, 0.5) is 0 Å². The summed E-state index contributed by atoms with van der Waals surface area (Å²) >= 11 is 0. The molecule has 2 heterocycles. The number of nitrogens with one attached hydrogen (secondary N) is 1. The van der Waals surface area contributed by atoms with Gasteiger partial charge in [-0.2, -0.15) is 0 Å². The summed E-state index contributed by atoms with van der Waals surface area (Å²) in [6.45, 7) is 10.3. The van der Waals surface area contributed by atoms with E-state index in [-0.39, 0.29) is 0 Å². The average Bonchev–Trinajstić information content (AvgIpc) is 2.39. The quantitative estimate of drug-likeness (QED) is 0.710. The van der Waals surface area contributed by atoms with Gasteiger partial charge < -0.3 is 10.1 Å². The van der Waals surface area contributed by atoms with E-state index in [9.17, 15) is 0 Å². The summed E-state index contributed by atoms with van der Waals surface area (Å²) in [6.07, 6.45) is 4.23.